The van der Waals surface area contributed by atoms with E-state index < -0.39 is 0 Å². The highest BCUT2D eigenvalue weighted by Crippen LogP contribution is 2.28. The van der Waals surface area contributed by atoms with Gasteiger partial charge in [0.1, 0.15) is 5.82 Å². The maximum absolute atomic E-state index is 11.6. The van der Waals surface area contributed by atoms with Crippen LogP contribution in [0.25, 0.3) is 11.0 Å². The van der Waals surface area contributed by atoms with Crippen molar-refractivity contribution >= 4 is 40.1 Å². The Bertz CT molecular complexity index is 961. The minimum Gasteiger partial charge on any atom is -0.356 e. The normalized spacial score (nSPS) is 11.3. The number of para-hydroxylation sites is 2. The number of amides is 1. The molecule has 1 N–H and O–H groups in total. The first-order valence-corrected chi connectivity index (χ1v) is 10.9. The Hall–Kier alpha value is -2.04. The molecule has 0 spiro atoms. The predicted octanol–water partition coefficient (Wildman–Crippen LogP) is 5.88. The largest absolute Gasteiger partial charge is 0.356 e. The molecule has 0 radical (unpaired) electrons. The standard InChI is InChI=1S/C23H27Cl2N3O/c1-16(2)23(29)26-14-7-3-4-13-22-27-20-11-5-6-12-21(20)28(22)15-17-18(24)9-8-10-19(17)25/h5-6,8-12,16H,3-4,7,13-15H2,1-2H3,(H,26,29). The van der Waals surface area contributed by atoms with Gasteiger partial charge in [-0.1, -0.05) is 61.7 Å². The maximum atomic E-state index is 11.6. The molecule has 0 atom stereocenters. The number of rotatable bonds is 9. The monoisotopic (exact) mass is 431 g/mol. The number of hydrogen-bond acceptors (Lipinski definition) is 2. The van der Waals surface area contributed by atoms with Crippen molar-refractivity contribution in [1.29, 1.82) is 0 Å². The predicted molar refractivity (Wildman–Crippen MR) is 121 cm³/mol. The van der Waals surface area contributed by atoms with Gasteiger partial charge in [-0.2, -0.15) is 0 Å². The lowest BCUT2D eigenvalue weighted by atomic mass is 10.1. The van der Waals surface area contributed by atoms with Gasteiger partial charge in [-0.05, 0) is 37.1 Å². The van der Waals surface area contributed by atoms with Gasteiger partial charge in [0.05, 0.1) is 17.6 Å². The molecule has 0 aliphatic carbocycles. The van der Waals surface area contributed by atoms with Crippen molar-refractivity contribution in [2.45, 2.75) is 46.1 Å². The topological polar surface area (TPSA) is 46.9 Å². The quantitative estimate of drug-likeness (QED) is 0.430. The van der Waals surface area contributed by atoms with E-state index in [0.717, 1.165) is 54.6 Å². The van der Waals surface area contributed by atoms with E-state index in [1.54, 1.807) is 0 Å². The summed E-state index contributed by atoms with van der Waals surface area (Å²) >= 11 is 12.8. The summed E-state index contributed by atoms with van der Waals surface area (Å²) < 4.78 is 2.21. The van der Waals surface area contributed by atoms with Crippen molar-refractivity contribution in [2.75, 3.05) is 6.54 Å². The molecule has 29 heavy (non-hydrogen) atoms. The lowest BCUT2D eigenvalue weighted by molar-refractivity contribution is -0.123. The molecule has 6 heteroatoms. The molecule has 0 aliphatic rings. The first-order valence-electron chi connectivity index (χ1n) is 10.1. The van der Waals surface area contributed by atoms with Crippen molar-refractivity contribution in [1.82, 2.24) is 14.9 Å². The summed E-state index contributed by atoms with van der Waals surface area (Å²) in [4.78, 5) is 16.5. The molecular formula is C23H27Cl2N3O. The number of hydrogen-bond donors (Lipinski definition) is 1. The molecule has 2 aromatic carbocycles. The van der Waals surface area contributed by atoms with Crippen LogP contribution in [0.3, 0.4) is 0 Å². The minimum atomic E-state index is 0.0338. The van der Waals surface area contributed by atoms with Gasteiger partial charge in [0.2, 0.25) is 5.91 Å². The van der Waals surface area contributed by atoms with Crippen LogP contribution in [-0.4, -0.2) is 22.0 Å². The van der Waals surface area contributed by atoms with E-state index in [2.05, 4.69) is 16.0 Å². The van der Waals surface area contributed by atoms with Crippen molar-refractivity contribution in [3.8, 4) is 0 Å². The molecule has 0 saturated carbocycles. The number of fused-ring (bicyclic) bond motifs is 1. The Balaban J connectivity index is 1.68. The molecule has 3 aromatic rings. The van der Waals surface area contributed by atoms with E-state index in [1.165, 1.54) is 0 Å². The van der Waals surface area contributed by atoms with Gasteiger partial charge in [0.25, 0.3) is 0 Å². The molecule has 0 fully saturated rings. The Morgan fingerprint density at radius 2 is 1.76 bits per heavy atom. The Labute approximate surface area is 182 Å². The number of unbranched alkanes of at least 4 members (excludes halogenated alkanes) is 2. The van der Waals surface area contributed by atoms with Crippen molar-refractivity contribution in [3.05, 3.63) is 63.9 Å². The molecule has 0 bridgehead atoms. The smallest absolute Gasteiger partial charge is 0.222 e. The van der Waals surface area contributed by atoms with Gasteiger partial charge in [0, 0.05) is 34.5 Å². The van der Waals surface area contributed by atoms with Crippen LogP contribution in [0.4, 0.5) is 0 Å². The number of nitrogens with one attached hydrogen (secondary N) is 1. The maximum Gasteiger partial charge on any atom is 0.222 e. The van der Waals surface area contributed by atoms with Gasteiger partial charge in [-0.25, -0.2) is 4.98 Å². The number of benzene rings is 2. The average Bonchev–Trinajstić information content (AvgIpc) is 3.04. The summed E-state index contributed by atoms with van der Waals surface area (Å²) in [5.41, 5.74) is 2.98. The van der Waals surface area contributed by atoms with Crippen LogP contribution >= 0.6 is 23.2 Å². The molecule has 3 rings (SSSR count). The van der Waals surface area contributed by atoms with Gasteiger partial charge >= 0.3 is 0 Å². The zero-order valence-electron chi connectivity index (χ0n) is 16.9. The van der Waals surface area contributed by atoms with Crippen molar-refractivity contribution in [3.63, 3.8) is 0 Å². The van der Waals surface area contributed by atoms with Crippen LogP contribution in [0.2, 0.25) is 10.0 Å². The molecule has 0 saturated heterocycles. The van der Waals surface area contributed by atoms with E-state index in [0.29, 0.717) is 16.6 Å². The van der Waals surface area contributed by atoms with E-state index >= 15 is 0 Å². The summed E-state index contributed by atoms with van der Waals surface area (Å²) in [5, 5.41) is 4.31. The van der Waals surface area contributed by atoms with Crippen LogP contribution in [0.15, 0.2) is 42.5 Å². The molecule has 1 aromatic heterocycles. The van der Waals surface area contributed by atoms with Crippen LogP contribution in [-0.2, 0) is 17.8 Å². The summed E-state index contributed by atoms with van der Waals surface area (Å²) in [5.74, 6) is 1.18. The summed E-state index contributed by atoms with van der Waals surface area (Å²) in [6.45, 7) is 5.14. The molecule has 154 valence electrons. The Morgan fingerprint density at radius 1 is 1.03 bits per heavy atom. The molecular weight excluding hydrogens is 405 g/mol. The molecule has 1 amide bonds. The summed E-state index contributed by atoms with van der Waals surface area (Å²) in [6.07, 6.45) is 3.88. The summed E-state index contributed by atoms with van der Waals surface area (Å²) in [7, 11) is 0. The SMILES string of the molecule is CC(C)C(=O)NCCCCCc1nc2ccccc2n1Cc1c(Cl)cccc1Cl. The average molecular weight is 432 g/mol. The first kappa shape index (κ1) is 21.7. The second-order valence-corrected chi connectivity index (χ2v) is 8.37. The number of nitrogens with zero attached hydrogens (tertiary/aromatic N) is 2. The van der Waals surface area contributed by atoms with E-state index in [1.807, 2.05) is 50.2 Å². The second kappa shape index (κ2) is 10.1. The highest BCUT2D eigenvalue weighted by molar-refractivity contribution is 6.36. The Kier molecular flexibility index (Phi) is 7.57. The fraction of sp³-hybridized carbons (Fsp3) is 0.391. The zero-order valence-corrected chi connectivity index (χ0v) is 18.4. The Morgan fingerprint density at radius 3 is 2.48 bits per heavy atom. The fourth-order valence-electron chi connectivity index (χ4n) is 3.33. The zero-order chi connectivity index (χ0) is 20.8. The second-order valence-electron chi connectivity index (χ2n) is 7.56. The number of aryl methyl sites for hydroxylation is 1. The van der Waals surface area contributed by atoms with E-state index in [9.17, 15) is 4.79 Å². The van der Waals surface area contributed by atoms with Crippen LogP contribution in [0.1, 0.15) is 44.5 Å². The highest BCUT2D eigenvalue weighted by Gasteiger charge is 2.14. The third-order valence-corrected chi connectivity index (χ3v) is 5.72. The van der Waals surface area contributed by atoms with Gasteiger partial charge < -0.3 is 9.88 Å². The van der Waals surface area contributed by atoms with E-state index in [-0.39, 0.29) is 11.8 Å². The fourth-order valence-corrected chi connectivity index (χ4v) is 3.85. The number of halogens is 2. The molecule has 0 aliphatic heterocycles. The minimum absolute atomic E-state index is 0.0338. The lowest BCUT2D eigenvalue weighted by Crippen LogP contribution is -2.28. The van der Waals surface area contributed by atoms with Crippen molar-refractivity contribution < 1.29 is 4.79 Å². The number of imidazole rings is 1. The molecule has 1 heterocycles. The van der Waals surface area contributed by atoms with Gasteiger partial charge in [-0.3, -0.25) is 4.79 Å². The summed E-state index contributed by atoms with van der Waals surface area (Å²) in [6, 6.07) is 13.7. The van der Waals surface area contributed by atoms with Crippen molar-refractivity contribution in [2.24, 2.45) is 5.92 Å². The molecule has 0 unspecified atom stereocenters. The third kappa shape index (κ3) is 5.52. The lowest BCUT2D eigenvalue weighted by Gasteiger charge is -2.12. The number of carbonyl (C=O) groups excluding carboxylic acids is 1. The van der Waals surface area contributed by atoms with E-state index in [4.69, 9.17) is 28.2 Å². The van der Waals surface area contributed by atoms with Gasteiger partial charge in [0.15, 0.2) is 0 Å². The number of carbonyl (C=O) groups is 1. The van der Waals surface area contributed by atoms with Crippen LogP contribution in [0.5, 0.6) is 0 Å². The van der Waals surface area contributed by atoms with Gasteiger partial charge in [-0.15, -0.1) is 0 Å². The third-order valence-electron chi connectivity index (χ3n) is 5.01. The number of aromatic nitrogens is 2. The van der Waals surface area contributed by atoms with Crippen LogP contribution in [0, 0.1) is 5.92 Å². The first-order chi connectivity index (χ1) is 14.0. The molecule has 4 nitrogen and oxygen atoms in total. The highest BCUT2D eigenvalue weighted by atomic mass is 35.5. The van der Waals surface area contributed by atoms with Crippen LogP contribution < -0.4 is 5.32 Å².